The average Bonchev–Trinajstić information content (AvgIpc) is 2.39. The molecule has 1 fully saturated rings. The highest BCUT2D eigenvalue weighted by Gasteiger charge is 2.19. The van der Waals surface area contributed by atoms with Crippen molar-refractivity contribution in [3.05, 3.63) is 59.7 Å². The Morgan fingerprint density at radius 1 is 1.05 bits per heavy atom. The van der Waals surface area contributed by atoms with Crippen molar-refractivity contribution in [2.75, 3.05) is 11.1 Å². The number of nitrogens with two attached hydrogens (primary N) is 1. The Hall–Kier alpha value is -2.29. The number of hydrogen-bond acceptors (Lipinski definition) is 2. The molecule has 3 N–H and O–H groups in total. The molecule has 3 heteroatoms. The predicted molar refractivity (Wildman–Crippen MR) is 81.8 cm³/mol. The van der Waals surface area contributed by atoms with Gasteiger partial charge in [-0.1, -0.05) is 30.7 Å². The van der Waals surface area contributed by atoms with Crippen LogP contribution in [-0.4, -0.2) is 5.91 Å². The molecule has 0 radical (unpaired) electrons. The van der Waals surface area contributed by atoms with Crippen molar-refractivity contribution in [3.8, 4) is 0 Å². The number of nitrogens with one attached hydrogen (secondary N) is 1. The molecule has 3 nitrogen and oxygen atoms in total. The molecule has 1 aliphatic rings. The van der Waals surface area contributed by atoms with E-state index in [0.717, 1.165) is 5.69 Å². The van der Waals surface area contributed by atoms with E-state index in [1.807, 2.05) is 24.3 Å². The summed E-state index contributed by atoms with van der Waals surface area (Å²) >= 11 is 0. The Labute approximate surface area is 118 Å². The SMILES string of the molecule is Nc1ccccc1C(=O)Nc1ccc(C2CCC2)cc1. The van der Waals surface area contributed by atoms with Crippen LogP contribution in [0.15, 0.2) is 48.5 Å². The van der Waals surface area contributed by atoms with Crippen molar-refractivity contribution >= 4 is 17.3 Å². The van der Waals surface area contributed by atoms with Gasteiger partial charge in [0.1, 0.15) is 0 Å². The lowest BCUT2D eigenvalue weighted by Crippen LogP contribution is -2.14. The fourth-order valence-electron chi connectivity index (χ4n) is 2.48. The zero-order valence-corrected chi connectivity index (χ0v) is 11.3. The molecule has 0 aliphatic heterocycles. The summed E-state index contributed by atoms with van der Waals surface area (Å²) in [5.41, 5.74) is 8.99. The van der Waals surface area contributed by atoms with Gasteiger partial charge in [-0.05, 0) is 48.6 Å². The number of para-hydroxylation sites is 1. The molecule has 0 aromatic heterocycles. The van der Waals surface area contributed by atoms with Gasteiger partial charge in [-0.3, -0.25) is 4.79 Å². The maximum Gasteiger partial charge on any atom is 0.257 e. The van der Waals surface area contributed by atoms with Gasteiger partial charge in [-0.15, -0.1) is 0 Å². The summed E-state index contributed by atoms with van der Waals surface area (Å²) in [5, 5.41) is 2.88. The molecule has 1 amide bonds. The number of benzene rings is 2. The Balaban J connectivity index is 1.71. The lowest BCUT2D eigenvalue weighted by atomic mass is 9.80. The van der Waals surface area contributed by atoms with Gasteiger partial charge in [0.15, 0.2) is 0 Å². The first-order valence-corrected chi connectivity index (χ1v) is 7.00. The molecule has 2 aromatic rings. The first kappa shape index (κ1) is 12.7. The van der Waals surface area contributed by atoms with E-state index in [2.05, 4.69) is 17.4 Å². The summed E-state index contributed by atoms with van der Waals surface area (Å²) < 4.78 is 0. The van der Waals surface area contributed by atoms with Crippen LogP contribution >= 0.6 is 0 Å². The summed E-state index contributed by atoms with van der Waals surface area (Å²) in [5.74, 6) is 0.545. The molecule has 102 valence electrons. The number of carbonyl (C=O) groups excluding carboxylic acids is 1. The lowest BCUT2D eigenvalue weighted by Gasteiger charge is -2.25. The summed E-state index contributed by atoms with van der Waals surface area (Å²) in [7, 11) is 0. The second-order valence-electron chi connectivity index (χ2n) is 5.29. The standard InChI is InChI=1S/C17H18N2O/c18-16-7-2-1-6-15(16)17(20)19-14-10-8-13(9-11-14)12-4-3-5-12/h1-2,6-12H,3-5,18H2,(H,19,20). The molecule has 0 saturated heterocycles. The number of hydrogen-bond donors (Lipinski definition) is 2. The van der Waals surface area contributed by atoms with E-state index in [0.29, 0.717) is 17.2 Å². The van der Waals surface area contributed by atoms with Crippen LogP contribution in [0.5, 0.6) is 0 Å². The Morgan fingerprint density at radius 2 is 1.75 bits per heavy atom. The van der Waals surface area contributed by atoms with Gasteiger partial charge in [0.2, 0.25) is 0 Å². The fourth-order valence-corrected chi connectivity index (χ4v) is 2.48. The maximum absolute atomic E-state index is 12.1. The van der Waals surface area contributed by atoms with Crippen molar-refractivity contribution in [2.24, 2.45) is 0 Å². The second kappa shape index (κ2) is 5.37. The minimum atomic E-state index is -0.167. The van der Waals surface area contributed by atoms with Crippen LogP contribution in [0.1, 0.15) is 41.1 Å². The van der Waals surface area contributed by atoms with Crippen LogP contribution in [0.2, 0.25) is 0 Å². The largest absolute Gasteiger partial charge is 0.398 e. The van der Waals surface area contributed by atoms with E-state index in [4.69, 9.17) is 5.73 Å². The first-order valence-electron chi connectivity index (χ1n) is 7.00. The van der Waals surface area contributed by atoms with Gasteiger partial charge in [0.25, 0.3) is 5.91 Å². The zero-order valence-electron chi connectivity index (χ0n) is 11.3. The van der Waals surface area contributed by atoms with Crippen LogP contribution in [0.4, 0.5) is 11.4 Å². The fraction of sp³-hybridized carbons (Fsp3) is 0.235. The Kier molecular flexibility index (Phi) is 3.42. The van der Waals surface area contributed by atoms with E-state index in [-0.39, 0.29) is 5.91 Å². The quantitative estimate of drug-likeness (QED) is 0.830. The van der Waals surface area contributed by atoms with Crippen LogP contribution < -0.4 is 11.1 Å². The molecule has 0 heterocycles. The predicted octanol–water partition coefficient (Wildman–Crippen LogP) is 3.79. The zero-order chi connectivity index (χ0) is 13.9. The second-order valence-corrected chi connectivity index (χ2v) is 5.29. The van der Waals surface area contributed by atoms with Gasteiger partial charge in [-0.2, -0.15) is 0 Å². The van der Waals surface area contributed by atoms with Crippen LogP contribution in [-0.2, 0) is 0 Å². The molecule has 0 bridgehead atoms. The molecular formula is C17H18N2O. The highest BCUT2D eigenvalue weighted by atomic mass is 16.1. The monoisotopic (exact) mass is 266 g/mol. The van der Waals surface area contributed by atoms with Gasteiger partial charge >= 0.3 is 0 Å². The van der Waals surface area contributed by atoms with E-state index in [1.54, 1.807) is 12.1 Å². The van der Waals surface area contributed by atoms with E-state index in [1.165, 1.54) is 24.8 Å². The average molecular weight is 266 g/mol. The molecule has 0 unspecified atom stereocenters. The first-order chi connectivity index (χ1) is 9.74. The van der Waals surface area contributed by atoms with Crippen LogP contribution in [0, 0.1) is 0 Å². The number of amides is 1. The summed E-state index contributed by atoms with van der Waals surface area (Å²) in [6.07, 6.45) is 3.90. The number of nitrogen functional groups attached to an aromatic ring is 1. The van der Waals surface area contributed by atoms with Gasteiger partial charge in [0, 0.05) is 11.4 Å². The van der Waals surface area contributed by atoms with Crippen molar-refractivity contribution in [1.29, 1.82) is 0 Å². The maximum atomic E-state index is 12.1. The van der Waals surface area contributed by atoms with Crippen molar-refractivity contribution in [3.63, 3.8) is 0 Å². The van der Waals surface area contributed by atoms with E-state index < -0.39 is 0 Å². The minimum Gasteiger partial charge on any atom is -0.398 e. The third-order valence-corrected chi connectivity index (χ3v) is 3.95. The van der Waals surface area contributed by atoms with Crippen LogP contribution in [0.25, 0.3) is 0 Å². The van der Waals surface area contributed by atoms with Gasteiger partial charge < -0.3 is 11.1 Å². The highest BCUT2D eigenvalue weighted by Crippen LogP contribution is 2.36. The number of rotatable bonds is 3. The molecule has 20 heavy (non-hydrogen) atoms. The van der Waals surface area contributed by atoms with Crippen LogP contribution in [0.3, 0.4) is 0 Å². The molecule has 0 atom stereocenters. The third kappa shape index (κ3) is 2.52. The van der Waals surface area contributed by atoms with Gasteiger partial charge in [0.05, 0.1) is 5.56 Å². The molecular weight excluding hydrogens is 248 g/mol. The smallest absolute Gasteiger partial charge is 0.257 e. The number of anilines is 2. The summed E-state index contributed by atoms with van der Waals surface area (Å²) in [6.45, 7) is 0. The topological polar surface area (TPSA) is 55.1 Å². The molecule has 0 spiro atoms. The van der Waals surface area contributed by atoms with E-state index >= 15 is 0 Å². The number of carbonyl (C=O) groups is 1. The minimum absolute atomic E-state index is 0.167. The Morgan fingerprint density at radius 3 is 2.35 bits per heavy atom. The van der Waals surface area contributed by atoms with Gasteiger partial charge in [-0.25, -0.2) is 0 Å². The van der Waals surface area contributed by atoms with E-state index in [9.17, 15) is 4.79 Å². The van der Waals surface area contributed by atoms with Crippen molar-refractivity contribution < 1.29 is 4.79 Å². The molecule has 2 aromatic carbocycles. The molecule has 3 rings (SSSR count). The van der Waals surface area contributed by atoms with Crippen molar-refractivity contribution in [1.82, 2.24) is 0 Å². The van der Waals surface area contributed by atoms with Crippen molar-refractivity contribution in [2.45, 2.75) is 25.2 Å². The lowest BCUT2D eigenvalue weighted by molar-refractivity contribution is 0.102. The highest BCUT2D eigenvalue weighted by molar-refractivity contribution is 6.07. The summed E-state index contributed by atoms with van der Waals surface area (Å²) in [6, 6.07) is 15.2. The Bertz CT molecular complexity index is 615. The third-order valence-electron chi connectivity index (χ3n) is 3.95. The normalized spacial score (nSPS) is 14.6. The molecule has 1 aliphatic carbocycles. The molecule has 1 saturated carbocycles. The summed E-state index contributed by atoms with van der Waals surface area (Å²) in [4.78, 5) is 12.1.